The molecule has 3 N–H and O–H groups in total. The molecule has 1 heterocycles. The first kappa shape index (κ1) is 18.2. The van der Waals surface area contributed by atoms with Gasteiger partial charge < -0.3 is 5.32 Å². The van der Waals surface area contributed by atoms with Gasteiger partial charge in [-0.2, -0.15) is 5.10 Å². The lowest BCUT2D eigenvalue weighted by atomic mass is 10.1. The van der Waals surface area contributed by atoms with E-state index >= 15 is 0 Å². The van der Waals surface area contributed by atoms with Crippen LogP contribution in [0.5, 0.6) is 0 Å². The van der Waals surface area contributed by atoms with Gasteiger partial charge in [0.25, 0.3) is 0 Å². The van der Waals surface area contributed by atoms with E-state index in [4.69, 9.17) is 0 Å². The molecular weight excluding hydrogens is 328 g/mol. The van der Waals surface area contributed by atoms with Gasteiger partial charge in [0, 0.05) is 6.54 Å². The number of nitrogens with one attached hydrogen (secondary N) is 3. The van der Waals surface area contributed by atoms with Crippen LogP contribution in [-0.2, 0) is 21.2 Å². The molecule has 1 aromatic carbocycles. The highest BCUT2D eigenvalue weighted by Gasteiger charge is 2.22. The predicted molar refractivity (Wildman–Crippen MR) is 91.0 cm³/mol. The van der Waals surface area contributed by atoms with Gasteiger partial charge in [-0.15, -0.1) is 0 Å². The molecule has 0 bridgehead atoms. The standard InChI is InChI=1S/C16H22N4O3S/c1-12-16(13(2)20-19-12)24(22,23)18-11-15(21)17-10-6-9-14-7-4-3-5-8-14/h3-5,7-8,18H,6,9-11H2,1-2H3,(H,17,21)(H,19,20). The normalized spacial score (nSPS) is 11.4. The number of H-pyrrole nitrogens is 1. The molecule has 0 radical (unpaired) electrons. The summed E-state index contributed by atoms with van der Waals surface area (Å²) in [5, 5.41) is 9.18. The second kappa shape index (κ2) is 8.07. The van der Waals surface area contributed by atoms with Gasteiger partial charge in [0.2, 0.25) is 15.9 Å². The van der Waals surface area contributed by atoms with E-state index in [1.54, 1.807) is 13.8 Å². The molecule has 1 aromatic heterocycles. The molecule has 0 aliphatic heterocycles. The fourth-order valence-electron chi connectivity index (χ4n) is 2.40. The van der Waals surface area contributed by atoms with Crippen molar-refractivity contribution < 1.29 is 13.2 Å². The van der Waals surface area contributed by atoms with Crippen molar-refractivity contribution in [2.45, 2.75) is 31.6 Å². The number of amides is 1. The van der Waals surface area contributed by atoms with E-state index in [2.05, 4.69) is 20.2 Å². The summed E-state index contributed by atoms with van der Waals surface area (Å²) in [6.45, 7) is 3.43. The summed E-state index contributed by atoms with van der Waals surface area (Å²) >= 11 is 0. The van der Waals surface area contributed by atoms with Crippen LogP contribution < -0.4 is 10.0 Å². The lowest BCUT2D eigenvalue weighted by Crippen LogP contribution is -2.37. The zero-order valence-corrected chi connectivity index (χ0v) is 14.6. The molecular formula is C16H22N4O3S. The predicted octanol–water partition coefficient (Wildman–Crippen LogP) is 1.05. The van der Waals surface area contributed by atoms with Crippen molar-refractivity contribution >= 4 is 15.9 Å². The van der Waals surface area contributed by atoms with Gasteiger partial charge in [-0.3, -0.25) is 9.89 Å². The quantitative estimate of drug-likeness (QED) is 0.619. The summed E-state index contributed by atoms with van der Waals surface area (Å²) in [6.07, 6.45) is 1.66. The zero-order valence-electron chi connectivity index (χ0n) is 13.8. The van der Waals surface area contributed by atoms with Crippen molar-refractivity contribution in [1.29, 1.82) is 0 Å². The molecule has 0 aliphatic carbocycles. The summed E-state index contributed by atoms with van der Waals surface area (Å²) in [5.74, 6) is -0.356. The van der Waals surface area contributed by atoms with E-state index in [0.29, 0.717) is 17.9 Å². The molecule has 0 atom stereocenters. The van der Waals surface area contributed by atoms with Crippen LogP contribution in [0.25, 0.3) is 0 Å². The van der Waals surface area contributed by atoms with E-state index in [1.807, 2.05) is 30.3 Å². The minimum atomic E-state index is -3.75. The summed E-state index contributed by atoms with van der Waals surface area (Å²) < 4.78 is 26.7. The number of sulfonamides is 1. The van der Waals surface area contributed by atoms with Crippen molar-refractivity contribution in [1.82, 2.24) is 20.2 Å². The highest BCUT2D eigenvalue weighted by Crippen LogP contribution is 2.15. The Balaban J connectivity index is 1.75. The van der Waals surface area contributed by atoms with E-state index in [0.717, 1.165) is 12.8 Å². The number of carbonyl (C=O) groups is 1. The summed E-state index contributed by atoms with van der Waals surface area (Å²) in [4.78, 5) is 11.9. The molecule has 0 unspecified atom stereocenters. The average Bonchev–Trinajstić information content (AvgIpc) is 2.90. The molecule has 0 aliphatic rings. The van der Waals surface area contributed by atoms with Gasteiger partial charge in [0.05, 0.1) is 17.9 Å². The third kappa shape index (κ3) is 4.90. The smallest absolute Gasteiger partial charge is 0.244 e. The minimum Gasteiger partial charge on any atom is -0.355 e. The fourth-order valence-corrected chi connectivity index (χ4v) is 3.75. The number of hydrogen-bond donors (Lipinski definition) is 3. The molecule has 7 nitrogen and oxygen atoms in total. The van der Waals surface area contributed by atoms with Gasteiger partial charge in [-0.05, 0) is 32.3 Å². The summed E-state index contributed by atoms with van der Waals surface area (Å²) in [5.41, 5.74) is 2.03. The maximum atomic E-state index is 12.2. The van der Waals surface area contributed by atoms with Crippen LogP contribution in [0.2, 0.25) is 0 Å². The third-order valence-corrected chi connectivity index (χ3v) is 5.22. The fraction of sp³-hybridized carbons (Fsp3) is 0.375. The van der Waals surface area contributed by atoms with Crippen LogP contribution in [0, 0.1) is 13.8 Å². The van der Waals surface area contributed by atoms with Gasteiger partial charge >= 0.3 is 0 Å². The van der Waals surface area contributed by atoms with Gasteiger partial charge in [-0.25, -0.2) is 13.1 Å². The SMILES string of the molecule is Cc1n[nH]c(C)c1S(=O)(=O)NCC(=O)NCCCc1ccccc1. The number of nitrogens with zero attached hydrogens (tertiary/aromatic N) is 1. The molecule has 1 amide bonds. The molecule has 24 heavy (non-hydrogen) atoms. The number of rotatable bonds is 8. The third-order valence-electron chi connectivity index (χ3n) is 3.56. The van der Waals surface area contributed by atoms with E-state index in [9.17, 15) is 13.2 Å². The van der Waals surface area contributed by atoms with Crippen LogP contribution >= 0.6 is 0 Å². The number of aromatic amines is 1. The van der Waals surface area contributed by atoms with Gasteiger partial charge in [-0.1, -0.05) is 30.3 Å². The van der Waals surface area contributed by atoms with Gasteiger partial charge in [0.1, 0.15) is 4.90 Å². The molecule has 0 spiro atoms. The van der Waals surface area contributed by atoms with Crippen molar-refractivity contribution in [3.63, 3.8) is 0 Å². The molecule has 0 fully saturated rings. The van der Waals surface area contributed by atoms with Crippen molar-refractivity contribution in [3.05, 3.63) is 47.3 Å². The Morgan fingerprint density at radius 1 is 1.21 bits per heavy atom. The molecule has 0 saturated carbocycles. The van der Waals surface area contributed by atoms with Crippen LogP contribution in [0.1, 0.15) is 23.4 Å². The highest BCUT2D eigenvalue weighted by molar-refractivity contribution is 7.89. The molecule has 0 saturated heterocycles. The number of carbonyl (C=O) groups excluding carboxylic acids is 1. The summed E-state index contributed by atoms with van der Waals surface area (Å²) in [6, 6.07) is 9.98. The van der Waals surface area contributed by atoms with Crippen LogP contribution in [-0.4, -0.2) is 37.6 Å². The number of hydrogen-bond acceptors (Lipinski definition) is 4. The summed E-state index contributed by atoms with van der Waals surface area (Å²) in [7, 11) is -3.75. The molecule has 130 valence electrons. The number of aromatic nitrogens is 2. The second-order valence-electron chi connectivity index (χ2n) is 5.53. The zero-order chi connectivity index (χ0) is 17.6. The van der Waals surface area contributed by atoms with Crippen LogP contribution in [0.4, 0.5) is 0 Å². The Kier molecular flexibility index (Phi) is 6.10. The van der Waals surface area contributed by atoms with Crippen LogP contribution in [0.15, 0.2) is 35.2 Å². The first-order chi connectivity index (χ1) is 11.4. The van der Waals surface area contributed by atoms with Crippen LogP contribution in [0.3, 0.4) is 0 Å². The first-order valence-electron chi connectivity index (χ1n) is 7.72. The Morgan fingerprint density at radius 3 is 2.54 bits per heavy atom. The first-order valence-corrected chi connectivity index (χ1v) is 9.20. The topological polar surface area (TPSA) is 104 Å². The van der Waals surface area contributed by atoms with Crippen molar-refractivity contribution in [2.24, 2.45) is 0 Å². The molecule has 8 heteroatoms. The molecule has 2 aromatic rings. The molecule has 2 rings (SSSR count). The monoisotopic (exact) mass is 350 g/mol. The largest absolute Gasteiger partial charge is 0.355 e. The Hall–Kier alpha value is -2.19. The lowest BCUT2D eigenvalue weighted by Gasteiger charge is -2.08. The maximum absolute atomic E-state index is 12.2. The highest BCUT2D eigenvalue weighted by atomic mass is 32.2. The van der Waals surface area contributed by atoms with E-state index in [-0.39, 0.29) is 17.3 Å². The van der Waals surface area contributed by atoms with Crippen molar-refractivity contribution in [3.8, 4) is 0 Å². The Morgan fingerprint density at radius 2 is 1.92 bits per heavy atom. The Bertz CT molecular complexity index is 765. The average molecular weight is 350 g/mol. The second-order valence-corrected chi connectivity index (χ2v) is 7.23. The maximum Gasteiger partial charge on any atom is 0.244 e. The van der Waals surface area contributed by atoms with E-state index < -0.39 is 10.0 Å². The number of aryl methyl sites for hydroxylation is 3. The lowest BCUT2D eigenvalue weighted by molar-refractivity contribution is -0.119. The van der Waals surface area contributed by atoms with Gasteiger partial charge in [0.15, 0.2) is 0 Å². The minimum absolute atomic E-state index is 0.0966. The van der Waals surface area contributed by atoms with E-state index in [1.165, 1.54) is 5.56 Å². The van der Waals surface area contributed by atoms with Crippen molar-refractivity contribution in [2.75, 3.05) is 13.1 Å². The Labute approximate surface area is 141 Å². The number of benzene rings is 1.